The molecule has 0 saturated carbocycles. The lowest BCUT2D eigenvalue weighted by atomic mass is 10.0. The molecule has 6 heteroatoms. The molecule has 1 rings (SSSR count). The van der Waals surface area contributed by atoms with Crippen LogP contribution in [0.15, 0.2) is 30.3 Å². The molecule has 6 nitrogen and oxygen atoms in total. The van der Waals surface area contributed by atoms with E-state index >= 15 is 0 Å². The third-order valence-electron chi connectivity index (χ3n) is 2.85. The van der Waals surface area contributed by atoms with Gasteiger partial charge in [0, 0.05) is 12.5 Å². The molecule has 1 amide bonds. The number of aliphatic carboxylic acids is 1. The average molecular weight is 293 g/mol. The van der Waals surface area contributed by atoms with Gasteiger partial charge in [0.1, 0.15) is 6.04 Å². The maximum absolute atomic E-state index is 12.2. The molecule has 0 radical (unpaired) electrons. The molecule has 0 aliphatic rings. The van der Waals surface area contributed by atoms with Gasteiger partial charge >= 0.3 is 11.9 Å². The Labute approximate surface area is 123 Å². The lowest BCUT2D eigenvalue weighted by molar-refractivity contribution is -0.155. The summed E-state index contributed by atoms with van der Waals surface area (Å²) in [6.45, 7) is 4.56. The first-order chi connectivity index (χ1) is 9.82. The van der Waals surface area contributed by atoms with Crippen LogP contribution >= 0.6 is 0 Å². The molecular weight excluding hydrogens is 274 g/mol. The first kappa shape index (κ1) is 16.7. The van der Waals surface area contributed by atoms with Gasteiger partial charge in [0.2, 0.25) is 6.10 Å². The van der Waals surface area contributed by atoms with Crippen LogP contribution in [0.4, 0.5) is 0 Å². The Kier molecular flexibility index (Phi) is 5.90. The van der Waals surface area contributed by atoms with Crippen LogP contribution in [-0.4, -0.2) is 29.0 Å². The number of carboxylic acids is 1. The maximum atomic E-state index is 12.2. The van der Waals surface area contributed by atoms with Crippen molar-refractivity contribution in [3.63, 3.8) is 0 Å². The summed E-state index contributed by atoms with van der Waals surface area (Å²) in [5, 5.41) is 11.5. The van der Waals surface area contributed by atoms with E-state index in [1.807, 2.05) is 0 Å². The standard InChI is InChI=1S/C15H19NO5/c1-9(2)12(15(19)20)16-14(18)13(21-10(3)17)11-7-5-4-6-8-11/h4-9,12-13H,1-3H3,(H,16,18)(H,19,20)/t12-,13-/m1/s1. The highest BCUT2D eigenvalue weighted by molar-refractivity contribution is 5.88. The zero-order valence-corrected chi connectivity index (χ0v) is 12.2. The lowest BCUT2D eigenvalue weighted by Gasteiger charge is -2.22. The number of hydrogen-bond donors (Lipinski definition) is 2. The van der Waals surface area contributed by atoms with E-state index in [0.717, 1.165) is 0 Å². The van der Waals surface area contributed by atoms with Crippen LogP contribution in [0.5, 0.6) is 0 Å². The van der Waals surface area contributed by atoms with Crippen molar-refractivity contribution in [1.29, 1.82) is 0 Å². The predicted molar refractivity (Wildman–Crippen MR) is 75.4 cm³/mol. The highest BCUT2D eigenvalue weighted by Gasteiger charge is 2.30. The van der Waals surface area contributed by atoms with Crippen LogP contribution < -0.4 is 5.32 Å². The van der Waals surface area contributed by atoms with E-state index in [-0.39, 0.29) is 5.92 Å². The summed E-state index contributed by atoms with van der Waals surface area (Å²) in [7, 11) is 0. The van der Waals surface area contributed by atoms with E-state index in [0.29, 0.717) is 5.56 Å². The second-order valence-corrected chi connectivity index (χ2v) is 4.97. The van der Waals surface area contributed by atoms with Gasteiger partial charge in [0.05, 0.1) is 0 Å². The van der Waals surface area contributed by atoms with Gasteiger partial charge in [-0.2, -0.15) is 0 Å². The molecule has 0 fully saturated rings. The fraction of sp³-hybridized carbons (Fsp3) is 0.400. The summed E-state index contributed by atoms with van der Waals surface area (Å²) in [6.07, 6.45) is -1.16. The number of carboxylic acid groups (broad SMARTS) is 1. The fourth-order valence-corrected chi connectivity index (χ4v) is 1.81. The second-order valence-electron chi connectivity index (χ2n) is 4.97. The van der Waals surface area contributed by atoms with Crippen molar-refractivity contribution in [2.45, 2.75) is 32.9 Å². The zero-order chi connectivity index (χ0) is 16.0. The Hall–Kier alpha value is -2.37. The zero-order valence-electron chi connectivity index (χ0n) is 12.2. The Morgan fingerprint density at radius 1 is 1.14 bits per heavy atom. The van der Waals surface area contributed by atoms with Crippen molar-refractivity contribution in [3.8, 4) is 0 Å². The van der Waals surface area contributed by atoms with Crippen molar-refractivity contribution >= 4 is 17.8 Å². The SMILES string of the molecule is CC(=O)O[C@@H](C(=O)N[C@@H](C(=O)O)C(C)C)c1ccccc1. The number of carbonyl (C=O) groups excluding carboxylic acids is 2. The lowest BCUT2D eigenvalue weighted by Crippen LogP contribution is -2.46. The van der Waals surface area contributed by atoms with Crippen molar-refractivity contribution in [3.05, 3.63) is 35.9 Å². The molecule has 114 valence electrons. The van der Waals surface area contributed by atoms with Crippen molar-refractivity contribution in [2.75, 3.05) is 0 Å². The number of carbonyl (C=O) groups is 3. The van der Waals surface area contributed by atoms with Gasteiger partial charge in [-0.1, -0.05) is 44.2 Å². The fourth-order valence-electron chi connectivity index (χ4n) is 1.81. The summed E-state index contributed by atoms with van der Waals surface area (Å²) in [5.41, 5.74) is 0.484. The largest absolute Gasteiger partial charge is 0.480 e. The van der Waals surface area contributed by atoms with Gasteiger partial charge in [-0.15, -0.1) is 0 Å². The Morgan fingerprint density at radius 2 is 1.71 bits per heavy atom. The number of amides is 1. The van der Waals surface area contributed by atoms with Crippen molar-refractivity contribution in [1.82, 2.24) is 5.32 Å². The third-order valence-corrected chi connectivity index (χ3v) is 2.85. The predicted octanol–water partition coefficient (Wildman–Crippen LogP) is 1.52. The number of rotatable bonds is 6. The van der Waals surface area contributed by atoms with Gasteiger partial charge in [0.15, 0.2) is 0 Å². The van der Waals surface area contributed by atoms with Crippen LogP contribution in [0.25, 0.3) is 0 Å². The molecule has 0 aromatic heterocycles. The molecule has 0 spiro atoms. The molecule has 0 aliphatic carbocycles. The minimum atomic E-state index is -1.16. The van der Waals surface area contributed by atoms with Gasteiger partial charge in [-0.05, 0) is 5.92 Å². The molecule has 2 atom stereocenters. The monoisotopic (exact) mass is 293 g/mol. The summed E-state index contributed by atoms with van der Waals surface area (Å²) < 4.78 is 5.01. The molecule has 0 heterocycles. The number of hydrogen-bond acceptors (Lipinski definition) is 4. The van der Waals surface area contributed by atoms with Crippen LogP contribution in [0, 0.1) is 5.92 Å². The smallest absolute Gasteiger partial charge is 0.326 e. The topological polar surface area (TPSA) is 92.7 Å². The quantitative estimate of drug-likeness (QED) is 0.776. The number of nitrogens with one attached hydrogen (secondary N) is 1. The first-order valence-electron chi connectivity index (χ1n) is 6.58. The molecule has 1 aromatic rings. The summed E-state index contributed by atoms with van der Waals surface area (Å²) in [5.74, 6) is -2.69. The molecule has 0 unspecified atom stereocenters. The third kappa shape index (κ3) is 4.91. The summed E-state index contributed by atoms with van der Waals surface area (Å²) in [6, 6.07) is 7.41. The molecule has 21 heavy (non-hydrogen) atoms. The average Bonchev–Trinajstić information content (AvgIpc) is 2.42. The maximum Gasteiger partial charge on any atom is 0.326 e. The van der Waals surface area contributed by atoms with E-state index in [1.165, 1.54) is 6.92 Å². The highest BCUT2D eigenvalue weighted by Crippen LogP contribution is 2.18. The molecule has 0 aliphatic heterocycles. The molecule has 1 aromatic carbocycles. The van der Waals surface area contributed by atoms with Crippen LogP contribution in [0.1, 0.15) is 32.4 Å². The van der Waals surface area contributed by atoms with E-state index in [9.17, 15) is 14.4 Å². The Bertz CT molecular complexity index is 512. The molecule has 0 saturated heterocycles. The van der Waals surface area contributed by atoms with Crippen molar-refractivity contribution < 1.29 is 24.2 Å². The van der Waals surface area contributed by atoms with Gasteiger partial charge in [-0.3, -0.25) is 9.59 Å². The van der Waals surface area contributed by atoms with Gasteiger partial charge in [0.25, 0.3) is 5.91 Å². The molecular formula is C15H19NO5. The van der Waals surface area contributed by atoms with Gasteiger partial charge < -0.3 is 15.2 Å². The van der Waals surface area contributed by atoms with Crippen molar-refractivity contribution in [2.24, 2.45) is 5.92 Å². The molecule has 2 N–H and O–H groups in total. The number of benzene rings is 1. The Morgan fingerprint density at radius 3 is 2.14 bits per heavy atom. The van der Waals surface area contributed by atoms with Crippen LogP contribution in [0.2, 0.25) is 0 Å². The minimum Gasteiger partial charge on any atom is -0.480 e. The number of esters is 1. The minimum absolute atomic E-state index is 0.291. The van der Waals surface area contributed by atoms with E-state index in [4.69, 9.17) is 9.84 Å². The van der Waals surface area contributed by atoms with E-state index in [1.54, 1.807) is 44.2 Å². The second kappa shape index (κ2) is 7.42. The highest BCUT2D eigenvalue weighted by atomic mass is 16.5. The van der Waals surface area contributed by atoms with E-state index in [2.05, 4.69) is 5.32 Å². The molecule has 0 bridgehead atoms. The first-order valence-corrected chi connectivity index (χ1v) is 6.58. The van der Waals surface area contributed by atoms with Crippen LogP contribution in [0.3, 0.4) is 0 Å². The van der Waals surface area contributed by atoms with Gasteiger partial charge in [-0.25, -0.2) is 4.79 Å². The van der Waals surface area contributed by atoms with E-state index < -0.39 is 30.0 Å². The van der Waals surface area contributed by atoms with Crippen LogP contribution in [-0.2, 0) is 19.1 Å². The Balaban J connectivity index is 2.96. The summed E-state index contributed by atoms with van der Waals surface area (Å²) >= 11 is 0. The normalized spacial score (nSPS) is 13.3. The number of ether oxygens (including phenoxy) is 1. The summed E-state index contributed by atoms with van der Waals surface area (Å²) in [4.78, 5) is 34.5.